The van der Waals surface area contributed by atoms with E-state index >= 15 is 4.79 Å². The molecule has 57 heavy (non-hydrogen) atoms. The quantitative estimate of drug-likeness (QED) is 0.276. The average molecular weight is 806 g/mol. The summed E-state index contributed by atoms with van der Waals surface area (Å²) in [5.74, 6) is -0.694. The molecule has 5 fully saturated rings. The molecule has 4 aliphatic carbocycles. The standard InChI is InChI=1S/C42H55N5O9S/c1-4-15-55-35-22-43-38(33-12-8-7-11-32(33)35)56-30-20-34-37(48)44-42(40(50)45-57(53,54)31-13-14-31)21-28(42)10-6-5-9-24(2)16-25(3)36(39(49)46(34)23-30)47(41(51)52)29-18-26-17-27(26)19-29/h6-8,10-12,22,24-31,34,36H,4-5,9,13-21,23H2,1-3H3,(H,44,48)(H,45,50)(H,51,52)/b10-6-/t24-,25+,26-,27?,28+,29+,30+,34-,36-,42+/m0/s1. The van der Waals surface area contributed by atoms with Gasteiger partial charge in [0.15, 0.2) is 0 Å². The van der Waals surface area contributed by atoms with Gasteiger partial charge in [-0.1, -0.05) is 51.1 Å². The van der Waals surface area contributed by atoms with Crippen LogP contribution in [0.1, 0.15) is 91.4 Å². The SMILES string of the molecule is CCCOc1cnc(O[C@@H]2C[C@H]3C(=O)N[C@]4(C(=O)NS(=O)(=O)C5CC5)C[C@H]4/C=C\CC[C@H](C)C[C@@H](C)[C@H](N(C(=O)O)[C@H]4CC5C[C@H]5C4)C(=O)N3C2)c2ccccc12. The van der Waals surface area contributed by atoms with Crippen molar-refractivity contribution in [2.75, 3.05) is 13.2 Å². The molecule has 308 valence electrons. The van der Waals surface area contributed by atoms with Gasteiger partial charge in [-0.05, 0) is 93.9 Å². The number of aromatic nitrogens is 1. The van der Waals surface area contributed by atoms with Gasteiger partial charge in [-0.2, -0.15) is 0 Å². The number of sulfonamides is 1. The summed E-state index contributed by atoms with van der Waals surface area (Å²) in [7, 11) is -3.91. The number of nitrogens with one attached hydrogen (secondary N) is 2. The van der Waals surface area contributed by atoms with Crippen molar-refractivity contribution in [1.82, 2.24) is 24.8 Å². The van der Waals surface area contributed by atoms with E-state index < -0.39 is 68.7 Å². The van der Waals surface area contributed by atoms with Crippen LogP contribution in [0.4, 0.5) is 4.79 Å². The van der Waals surface area contributed by atoms with E-state index in [1.165, 1.54) is 9.80 Å². The molecule has 1 saturated heterocycles. The number of pyridine rings is 1. The summed E-state index contributed by atoms with van der Waals surface area (Å²) in [6.07, 6.45) is 10.1. The highest BCUT2D eigenvalue weighted by Gasteiger charge is 2.62. The Hall–Kier alpha value is -4.40. The molecule has 2 aromatic rings. The Morgan fingerprint density at radius 1 is 1.05 bits per heavy atom. The zero-order valence-corrected chi connectivity index (χ0v) is 33.8. The maximum Gasteiger partial charge on any atom is 0.408 e. The normalized spacial score (nSPS) is 34.4. The predicted molar refractivity (Wildman–Crippen MR) is 211 cm³/mol. The number of rotatable bonds is 10. The number of amides is 4. The van der Waals surface area contributed by atoms with Crippen molar-refractivity contribution in [3.8, 4) is 11.6 Å². The Kier molecular flexibility index (Phi) is 10.7. The number of fused-ring (bicyclic) bond motifs is 4. The van der Waals surface area contributed by atoms with Crippen LogP contribution in [0.15, 0.2) is 42.6 Å². The van der Waals surface area contributed by atoms with Crippen LogP contribution in [0.25, 0.3) is 10.8 Å². The maximum absolute atomic E-state index is 15.2. The molecule has 3 N–H and O–H groups in total. The molecule has 2 aliphatic heterocycles. The van der Waals surface area contributed by atoms with Gasteiger partial charge in [0, 0.05) is 29.2 Å². The van der Waals surface area contributed by atoms with Gasteiger partial charge in [0.25, 0.3) is 5.91 Å². The Morgan fingerprint density at radius 2 is 1.79 bits per heavy atom. The number of carboxylic acid groups (broad SMARTS) is 1. The van der Waals surface area contributed by atoms with Crippen LogP contribution in [0.2, 0.25) is 0 Å². The van der Waals surface area contributed by atoms with Crippen LogP contribution >= 0.6 is 0 Å². The molecule has 0 spiro atoms. The number of carbonyl (C=O) groups excluding carboxylic acids is 3. The van der Waals surface area contributed by atoms with E-state index in [2.05, 4.69) is 21.9 Å². The lowest BCUT2D eigenvalue weighted by Crippen LogP contribution is -2.61. The van der Waals surface area contributed by atoms with Gasteiger partial charge >= 0.3 is 6.09 Å². The van der Waals surface area contributed by atoms with Crippen LogP contribution < -0.4 is 19.5 Å². The topological polar surface area (TPSA) is 185 Å². The summed E-state index contributed by atoms with van der Waals surface area (Å²) < 4.78 is 40.7. The molecular weight excluding hydrogens is 751 g/mol. The Labute approximate surface area is 334 Å². The van der Waals surface area contributed by atoms with Crippen molar-refractivity contribution < 1.29 is 42.2 Å². The minimum absolute atomic E-state index is 0.0260. The lowest BCUT2D eigenvalue weighted by molar-refractivity contribution is -0.145. The van der Waals surface area contributed by atoms with Crippen LogP contribution in [0.5, 0.6) is 11.6 Å². The van der Waals surface area contributed by atoms with Crippen molar-refractivity contribution in [3.63, 3.8) is 0 Å². The average Bonchev–Trinajstić information content (AvgIpc) is 4.14. The largest absolute Gasteiger partial charge is 0.491 e. The summed E-state index contributed by atoms with van der Waals surface area (Å²) in [5, 5.41) is 14.6. The number of hydrogen-bond acceptors (Lipinski definition) is 9. The van der Waals surface area contributed by atoms with Gasteiger partial charge in [0.2, 0.25) is 27.7 Å². The number of benzene rings is 1. The van der Waals surface area contributed by atoms with Gasteiger partial charge in [-0.15, -0.1) is 0 Å². The predicted octanol–water partition coefficient (Wildman–Crippen LogP) is 5.01. The summed E-state index contributed by atoms with van der Waals surface area (Å²) in [4.78, 5) is 64.5. The maximum atomic E-state index is 15.2. The van der Waals surface area contributed by atoms with E-state index in [4.69, 9.17) is 9.47 Å². The molecular formula is C42H55N5O9S. The third kappa shape index (κ3) is 7.92. The van der Waals surface area contributed by atoms with Crippen molar-refractivity contribution in [1.29, 1.82) is 0 Å². The monoisotopic (exact) mass is 805 g/mol. The van der Waals surface area contributed by atoms with Gasteiger partial charge < -0.3 is 24.8 Å². The molecule has 1 unspecified atom stereocenters. The molecule has 14 nitrogen and oxygen atoms in total. The van der Waals surface area contributed by atoms with Crippen molar-refractivity contribution in [2.24, 2.45) is 29.6 Å². The number of hydrogen-bond donors (Lipinski definition) is 3. The van der Waals surface area contributed by atoms with Crippen molar-refractivity contribution in [2.45, 2.75) is 126 Å². The molecule has 4 saturated carbocycles. The van der Waals surface area contributed by atoms with Crippen LogP contribution in [0, 0.1) is 29.6 Å². The van der Waals surface area contributed by atoms with E-state index in [0.29, 0.717) is 74.0 Å². The highest BCUT2D eigenvalue weighted by atomic mass is 32.2. The molecule has 8 rings (SSSR count). The first-order chi connectivity index (χ1) is 27.3. The van der Waals surface area contributed by atoms with E-state index in [1.807, 2.05) is 50.3 Å². The fourth-order valence-corrected chi connectivity index (χ4v) is 11.2. The molecule has 15 heteroatoms. The fraction of sp³-hybridized carbons (Fsp3) is 0.643. The van der Waals surface area contributed by atoms with Gasteiger partial charge in [-0.25, -0.2) is 18.2 Å². The molecule has 0 radical (unpaired) electrons. The van der Waals surface area contributed by atoms with Crippen LogP contribution in [0.3, 0.4) is 0 Å². The lowest BCUT2D eigenvalue weighted by atomic mass is 9.86. The second-order valence-electron chi connectivity index (χ2n) is 17.6. The van der Waals surface area contributed by atoms with Gasteiger partial charge in [-0.3, -0.25) is 24.0 Å². The summed E-state index contributed by atoms with van der Waals surface area (Å²) in [6.45, 7) is 6.54. The minimum Gasteiger partial charge on any atom is -0.491 e. The first kappa shape index (κ1) is 39.4. The highest BCUT2D eigenvalue weighted by molar-refractivity contribution is 7.91. The van der Waals surface area contributed by atoms with Crippen LogP contribution in [-0.2, 0) is 24.4 Å². The zero-order valence-electron chi connectivity index (χ0n) is 33.0. The Balaban J connectivity index is 1.15. The first-order valence-corrected chi connectivity index (χ1v) is 22.4. The van der Waals surface area contributed by atoms with Crippen LogP contribution in [-0.4, -0.2) is 100 Å². The summed E-state index contributed by atoms with van der Waals surface area (Å²) >= 11 is 0. The molecule has 0 bridgehead atoms. The fourth-order valence-electron chi connectivity index (χ4n) is 9.80. The van der Waals surface area contributed by atoms with Crippen molar-refractivity contribution in [3.05, 3.63) is 42.6 Å². The summed E-state index contributed by atoms with van der Waals surface area (Å²) in [6, 6.07) is 5.06. The zero-order chi connectivity index (χ0) is 40.2. The van der Waals surface area contributed by atoms with Gasteiger partial charge in [0.05, 0.1) is 24.6 Å². The molecule has 1 aromatic carbocycles. The highest BCUT2D eigenvalue weighted by Crippen LogP contribution is 2.54. The Bertz CT molecular complexity index is 2050. The van der Waals surface area contributed by atoms with E-state index in [9.17, 15) is 27.9 Å². The number of carbonyl (C=O) groups is 4. The van der Waals surface area contributed by atoms with E-state index in [0.717, 1.165) is 24.6 Å². The summed E-state index contributed by atoms with van der Waals surface area (Å²) in [5.41, 5.74) is -1.52. The third-order valence-electron chi connectivity index (χ3n) is 13.2. The first-order valence-electron chi connectivity index (χ1n) is 20.8. The lowest BCUT2D eigenvalue weighted by Gasteiger charge is -2.40. The number of nitrogens with zero attached hydrogens (tertiary/aromatic N) is 3. The second-order valence-corrected chi connectivity index (χ2v) is 19.6. The molecule has 10 atom stereocenters. The molecule has 4 amide bonds. The van der Waals surface area contributed by atoms with E-state index in [1.54, 1.807) is 6.20 Å². The minimum atomic E-state index is -3.91. The van der Waals surface area contributed by atoms with Gasteiger partial charge in [0.1, 0.15) is 29.5 Å². The Morgan fingerprint density at radius 3 is 2.49 bits per heavy atom. The van der Waals surface area contributed by atoms with E-state index in [-0.39, 0.29) is 37.3 Å². The molecule has 3 heterocycles. The third-order valence-corrected chi connectivity index (χ3v) is 15.0. The number of ether oxygens (including phenoxy) is 2. The van der Waals surface area contributed by atoms with Crippen molar-refractivity contribution >= 4 is 44.6 Å². The smallest absolute Gasteiger partial charge is 0.408 e. The number of allylic oxidation sites excluding steroid dienone is 1. The molecule has 6 aliphatic rings. The second kappa shape index (κ2) is 15.4. The molecule has 1 aromatic heterocycles.